The minimum Gasteiger partial charge on any atom is -0.464 e. The molecule has 0 saturated heterocycles. The van der Waals surface area contributed by atoms with Gasteiger partial charge in [-0.25, -0.2) is 0 Å². The van der Waals surface area contributed by atoms with Crippen molar-refractivity contribution in [1.29, 1.82) is 5.26 Å². The highest BCUT2D eigenvalue weighted by atomic mass is 16.3. The average molecular weight is 454 g/mol. The number of furan rings is 1. The van der Waals surface area contributed by atoms with E-state index in [1.54, 1.807) is 6.26 Å². The maximum Gasteiger partial charge on any atom is 0.251 e. The number of benzene rings is 2. The lowest BCUT2D eigenvalue weighted by Crippen LogP contribution is -2.38. The summed E-state index contributed by atoms with van der Waals surface area (Å²) in [7, 11) is 0. The Morgan fingerprint density at radius 3 is 2.74 bits per heavy atom. The van der Waals surface area contributed by atoms with Gasteiger partial charge in [-0.05, 0) is 98.5 Å². The fraction of sp³-hybridized carbons (Fsp3) is 0.379. The van der Waals surface area contributed by atoms with Crippen LogP contribution in [-0.2, 0) is 13.0 Å². The highest BCUT2D eigenvalue weighted by Crippen LogP contribution is 2.29. The third-order valence-corrected chi connectivity index (χ3v) is 7.39. The van der Waals surface area contributed by atoms with Crippen LogP contribution in [0.5, 0.6) is 0 Å². The SMILES string of the molecule is N#Cc1ccc2c(c1)CCN(CCC1CCC(NC(=O)c3cccc(-c4ccco4)c3)CC1)C2. The Labute approximate surface area is 201 Å². The van der Waals surface area contributed by atoms with Crippen molar-refractivity contribution in [3.63, 3.8) is 0 Å². The second-order valence-corrected chi connectivity index (χ2v) is 9.66. The number of rotatable bonds is 6. The molecule has 5 nitrogen and oxygen atoms in total. The van der Waals surface area contributed by atoms with Gasteiger partial charge in [-0.15, -0.1) is 0 Å². The molecule has 5 heteroatoms. The van der Waals surface area contributed by atoms with E-state index in [1.807, 2.05) is 42.5 Å². The number of fused-ring (bicyclic) bond motifs is 1. The number of hydrogen-bond acceptors (Lipinski definition) is 4. The molecule has 0 unspecified atom stereocenters. The third-order valence-electron chi connectivity index (χ3n) is 7.39. The van der Waals surface area contributed by atoms with E-state index < -0.39 is 0 Å². The molecule has 0 radical (unpaired) electrons. The predicted molar refractivity (Wildman–Crippen MR) is 132 cm³/mol. The van der Waals surface area contributed by atoms with Gasteiger partial charge in [0.15, 0.2) is 0 Å². The molecule has 1 aromatic heterocycles. The van der Waals surface area contributed by atoms with Crippen molar-refractivity contribution in [3.05, 3.63) is 83.1 Å². The standard InChI is InChI=1S/C29H31N3O2/c30-19-22-6-9-26-20-32(15-13-23(26)17-22)14-12-21-7-10-27(11-8-21)31-29(33)25-4-1-3-24(18-25)28-5-2-16-34-28/h1-6,9,16-18,21,27H,7-8,10-15,20H2,(H,31,33). The monoisotopic (exact) mass is 453 g/mol. The van der Waals surface area contributed by atoms with Gasteiger partial charge in [0.2, 0.25) is 0 Å². The first kappa shape index (κ1) is 22.4. The lowest BCUT2D eigenvalue weighted by Gasteiger charge is -2.33. The Balaban J connectivity index is 1.07. The van der Waals surface area contributed by atoms with Crippen LogP contribution in [0.15, 0.2) is 65.3 Å². The molecule has 2 aromatic carbocycles. The summed E-state index contributed by atoms with van der Waals surface area (Å²) < 4.78 is 5.46. The van der Waals surface area contributed by atoms with Crippen molar-refractivity contribution in [1.82, 2.24) is 10.2 Å². The maximum absolute atomic E-state index is 12.8. The highest BCUT2D eigenvalue weighted by Gasteiger charge is 2.24. The minimum absolute atomic E-state index is 0.00314. The first-order valence-electron chi connectivity index (χ1n) is 12.4. The number of hydrogen-bond donors (Lipinski definition) is 1. The van der Waals surface area contributed by atoms with Crippen molar-refractivity contribution < 1.29 is 9.21 Å². The van der Waals surface area contributed by atoms with Gasteiger partial charge < -0.3 is 9.73 Å². The quantitative estimate of drug-likeness (QED) is 0.531. The molecule has 2 aliphatic rings. The maximum atomic E-state index is 12.8. The van der Waals surface area contributed by atoms with Crippen LogP contribution in [0.25, 0.3) is 11.3 Å². The normalized spacial score (nSPS) is 20.3. The molecule has 0 atom stereocenters. The molecule has 1 aliphatic carbocycles. The molecule has 1 saturated carbocycles. The van der Waals surface area contributed by atoms with Crippen molar-refractivity contribution in [3.8, 4) is 17.4 Å². The summed E-state index contributed by atoms with van der Waals surface area (Å²) in [6, 6.07) is 20.0. The second kappa shape index (κ2) is 10.3. The van der Waals surface area contributed by atoms with Crippen LogP contribution in [0.3, 0.4) is 0 Å². The number of amides is 1. The smallest absolute Gasteiger partial charge is 0.251 e. The molecule has 1 aliphatic heterocycles. The van der Waals surface area contributed by atoms with Gasteiger partial charge in [0.1, 0.15) is 5.76 Å². The number of carbonyl (C=O) groups is 1. The van der Waals surface area contributed by atoms with Crippen LogP contribution in [0.1, 0.15) is 59.2 Å². The van der Waals surface area contributed by atoms with Gasteiger partial charge in [0.25, 0.3) is 5.91 Å². The topological polar surface area (TPSA) is 69.3 Å². The Hall–Kier alpha value is -3.36. The molecule has 1 fully saturated rings. The molecule has 1 N–H and O–H groups in total. The first-order valence-corrected chi connectivity index (χ1v) is 12.4. The van der Waals surface area contributed by atoms with E-state index >= 15 is 0 Å². The minimum atomic E-state index is 0.00314. The summed E-state index contributed by atoms with van der Waals surface area (Å²) in [5, 5.41) is 12.4. The zero-order valence-corrected chi connectivity index (χ0v) is 19.5. The summed E-state index contributed by atoms with van der Waals surface area (Å²) in [6.07, 6.45) is 8.35. The summed E-state index contributed by atoms with van der Waals surface area (Å²) in [6.45, 7) is 3.19. The lowest BCUT2D eigenvalue weighted by molar-refractivity contribution is 0.0919. The molecular weight excluding hydrogens is 422 g/mol. The molecule has 174 valence electrons. The number of nitriles is 1. The second-order valence-electron chi connectivity index (χ2n) is 9.66. The largest absolute Gasteiger partial charge is 0.464 e. The molecule has 2 heterocycles. The predicted octanol–water partition coefficient (Wildman–Crippen LogP) is 5.56. The Bertz CT molecular complexity index is 1170. The molecule has 1 amide bonds. The number of nitrogens with one attached hydrogen (secondary N) is 1. The number of nitrogens with zero attached hydrogens (tertiary/aromatic N) is 2. The fourth-order valence-electron chi connectivity index (χ4n) is 5.36. The van der Waals surface area contributed by atoms with Gasteiger partial charge in [-0.1, -0.05) is 18.2 Å². The average Bonchev–Trinajstić information content (AvgIpc) is 3.43. The van der Waals surface area contributed by atoms with Gasteiger partial charge in [0, 0.05) is 30.3 Å². The van der Waals surface area contributed by atoms with E-state index in [1.165, 1.54) is 30.4 Å². The zero-order valence-electron chi connectivity index (χ0n) is 19.5. The van der Waals surface area contributed by atoms with Crippen molar-refractivity contribution in [2.24, 2.45) is 5.92 Å². The summed E-state index contributed by atoms with van der Waals surface area (Å²) in [5.41, 5.74) is 5.07. The van der Waals surface area contributed by atoms with Crippen LogP contribution in [0.4, 0.5) is 0 Å². The molecule has 0 bridgehead atoms. The van der Waals surface area contributed by atoms with Crippen LogP contribution in [0.2, 0.25) is 0 Å². The van der Waals surface area contributed by atoms with E-state index in [0.717, 1.165) is 61.7 Å². The van der Waals surface area contributed by atoms with E-state index in [4.69, 9.17) is 9.68 Å². The number of carbonyl (C=O) groups excluding carboxylic acids is 1. The zero-order chi connectivity index (χ0) is 23.3. The first-order chi connectivity index (χ1) is 16.7. The Morgan fingerprint density at radius 2 is 1.94 bits per heavy atom. The molecular formula is C29H31N3O2. The van der Waals surface area contributed by atoms with Crippen LogP contribution in [0, 0.1) is 17.2 Å². The molecule has 34 heavy (non-hydrogen) atoms. The van der Waals surface area contributed by atoms with Crippen molar-refractivity contribution >= 4 is 5.91 Å². The van der Waals surface area contributed by atoms with E-state index in [9.17, 15) is 4.79 Å². The van der Waals surface area contributed by atoms with Gasteiger partial charge >= 0.3 is 0 Å². The van der Waals surface area contributed by atoms with Crippen LogP contribution < -0.4 is 5.32 Å². The molecule has 3 aromatic rings. The van der Waals surface area contributed by atoms with E-state index in [0.29, 0.717) is 5.56 Å². The highest BCUT2D eigenvalue weighted by molar-refractivity contribution is 5.95. The van der Waals surface area contributed by atoms with Gasteiger partial charge in [-0.2, -0.15) is 5.26 Å². The van der Waals surface area contributed by atoms with E-state index in [-0.39, 0.29) is 11.9 Å². The van der Waals surface area contributed by atoms with Crippen LogP contribution >= 0.6 is 0 Å². The van der Waals surface area contributed by atoms with Crippen molar-refractivity contribution in [2.45, 2.75) is 51.1 Å². The summed E-state index contributed by atoms with van der Waals surface area (Å²) >= 11 is 0. The van der Waals surface area contributed by atoms with E-state index in [2.05, 4.69) is 28.4 Å². The molecule has 5 rings (SSSR count). The van der Waals surface area contributed by atoms with Gasteiger partial charge in [0.05, 0.1) is 17.9 Å². The summed E-state index contributed by atoms with van der Waals surface area (Å²) in [5.74, 6) is 1.51. The lowest BCUT2D eigenvalue weighted by atomic mass is 9.83. The Morgan fingerprint density at radius 1 is 1.06 bits per heavy atom. The van der Waals surface area contributed by atoms with Gasteiger partial charge in [-0.3, -0.25) is 9.69 Å². The van der Waals surface area contributed by atoms with Crippen LogP contribution in [-0.4, -0.2) is 29.9 Å². The molecule has 0 spiro atoms. The fourth-order valence-corrected chi connectivity index (χ4v) is 5.36. The Kier molecular flexibility index (Phi) is 6.78. The third kappa shape index (κ3) is 5.24. The van der Waals surface area contributed by atoms with Crippen molar-refractivity contribution in [2.75, 3.05) is 13.1 Å². The summed E-state index contributed by atoms with van der Waals surface area (Å²) in [4.78, 5) is 15.4.